The van der Waals surface area contributed by atoms with Gasteiger partial charge in [-0.15, -0.1) is 0 Å². The number of rotatable bonds is 8. The smallest absolute Gasteiger partial charge is 0.255 e. The van der Waals surface area contributed by atoms with Crippen molar-refractivity contribution in [1.29, 1.82) is 0 Å². The van der Waals surface area contributed by atoms with E-state index in [-0.39, 0.29) is 23.3 Å². The molecule has 2 N–H and O–H groups in total. The van der Waals surface area contributed by atoms with Gasteiger partial charge in [0.05, 0.1) is 11.5 Å². The number of carbonyl (C=O) groups is 2. The molecule has 144 valence electrons. The average Bonchev–Trinajstić information content (AvgIpc) is 2.66. The van der Waals surface area contributed by atoms with Crippen molar-refractivity contribution in [3.05, 3.63) is 70.1 Å². The molecule has 1 atom stereocenters. The molecule has 2 aromatic rings. The van der Waals surface area contributed by atoms with E-state index in [2.05, 4.69) is 24.1 Å². The third kappa shape index (κ3) is 6.09. The van der Waals surface area contributed by atoms with Crippen LogP contribution in [0.5, 0.6) is 0 Å². The van der Waals surface area contributed by atoms with Crippen LogP contribution in [0.3, 0.4) is 0 Å². The number of nitrogens with one attached hydrogen (secondary N) is 2. The van der Waals surface area contributed by atoms with E-state index in [1.165, 1.54) is 23.2 Å². The number of aromatic nitrogens is 1. The Kier molecular flexibility index (Phi) is 7.34. The first-order valence-corrected chi connectivity index (χ1v) is 9.15. The van der Waals surface area contributed by atoms with Crippen LogP contribution in [0.15, 0.2) is 53.5 Å². The molecule has 1 aromatic carbocycles. The fourth-order valence-electron chi connectivity index (χ4n) is 2.89. The van der Waals surface area contributed by atoms with E-state index in [0.29, 0.717) is 24.6 Å². The zero-order valence-electron chi connectivity index (χ0n) is 16.1. The highest BCUT2D eigenvalue weighted by Crippen LogP contribution is 2.23. The number of hydrogen-bond acceptors (Lipinski definition) is 3. The molecule has 0 fully saturated rings. The normalized spacial score (nSPS) is 11.9. The summed E-state index contributed by atoms with van der Waals surface area (Å²) in [5, 5.41) is 2.94. The van der Waals surface area contributed by atoms with E-state index in [4.69, 9.17) is 0 Å². The van der Waals surface area contributed by atoms with Gasteiger partial charge < -0.3 is 15.2 Å². The Morgan fingerprint density at radius 2 is 1.81 bits per heavy atom. The summed E-state index contributed by atoms with van der Waals surface area (Å²) in [5.74, 6) is -0.0427. The maximum Gasteiger partial charge on any atom is 0.255 e. The van der Waals surface area contributed by atoms with Gasteiger partial charge in [-0.05, 0) is 24.0 Å². The molecule has 0 saturated carbocycles. The summed E-state index contributed by atoms with van der Waals surface area (Å²) in [7, 11) is 1.67. The number of H-pyrrole nitrogens is 1. The SMILES string of the molecule is CC(C)CC(C(=O)NCCN(C)C(=O)c1ccc(=O)[nH]c1)c1ccccc1. The minimum Gasteiger partial charge on any atom is -0.354 e. The van der Waals surface area contributed by atoms with E-state index in [1.54, 1.807) is 7.05 Å². The molecule has 1 unspecified atom stereocenters. The predicted molar refractivity (Wildman–Crippen MR) is 106 cm³/mol. The van der Waals surface area contributed by atoms with Crippen LogP contribution in [0, 0.1) is 5.92 Å². The highest BCUT2D eigenvalue weighted by molar-refractivity contribution is 5.93. The van der Waals surface area contributed by atoms with Crippen LogP contribution in [-0.2, 0) is 4.79 Å². The van der Waals surface area contributed by atoms with E-state index < -0.39 is 0 Å². The summed E-state index contributed by atoms with van der Waals surface area (Å²) in [6.45, 7) is 4.94. The zero-order chi connectivity index (χ0) is 19.8. The van der Waals surface area contributed by atoms with Crippen LogP contribution in [0.1, 0.15) is 42.1 Å². The molecule has 0 radical (unpaired) electrons. The summed E-state index contributed by atoms with van der Waals surface area (Å²) in [6.07, 6.45) is 2.16. The Labute approximate surface area is 159 Å². The van der Waals surface area contributed by atoms with Crippen molar-refractivity contribution < 1.29 is 9.59 Å². The molecule has 1 aromatic heterocycles. The van der Waals surface area contributed by atoms with Gasteiger partial charge in [0.25, 0.3) is 5.91 Å². The lowest BCUT2D eigenvalue weighted by molar-refractivity contribution is -0.123. The number of benzene rings is 1. The number of aromatic amines is 1. The minimum absolute atomic E-state index is 0.0280. The number of pyridine rings is 1. The largest absolute Gasteiger partial charge is 0.354 e. The molecule has 0 aliphatic heterocycles. The Morgan fingerprint density at radius 1 is 1.11 bits per heavy atom. The van der Waals surface area contributed by atoms with E-state index in [9.17, 15) is 14.4 Å². The van der Waals surface area contributed by atoms with Crippen molar-refractivity contribution in [3.63, 3.8) is 0 Å². The van der Waals surface area contributed by atoms with Crippen molar-refractivity contribution >= 4 is 11.8 Å². The van der Waals surface area contributed by atoms with Gasteiger partial charge >= 0.3 is 0 Å². The third-order valence-electron chi connectivity index (χ3n) is 4.35. The fraction of sp³-hybridized carbons (Fsp3) is 0.381. The Bertz CT molecular complexity index is 794. The quantitative estimate of drug-likeness (QED) is 0.750. The van der Waals surface area contributed by atoms with Crippen molar-refractivity contribution in [2.24, 2.45) is 5.92 Å². The molecule has 6 nitrogen and oxygen atoms in total. The lowest BCUT2D eigenvalue weighted by Crippen LogP contribution is -2.38. The van der Waals surface area contributed by atoms with Gasteiger partial charge in [-0.3, -0.25) is 14.4 Å². The Morgan fingerprint density at radius 3 is 2.41 bits per heavy atom. The lowest BCUT2D eigenvalue weighted by atomic mass is 9.89. The average molecular weight is 369 g/mol. The third-order valence-corrected chi connectivity index (χ3v) is 4.35. The molecule has 0 spiro atoms. The monoisotopic (exact) mass is 369 g/mol. The predicted octanol–water partition coefficient (Wildman–Crippen LogP) is 2.39. The number of carbonyl (C=O) groups excluding carboxylic acids is 2. The summed E-state index contributed by atoms with van der Waals surface area (Å²) >= 11 is 0. The standard InChI is InChI=1S/C21H27N3O3/c1-15(2)13-18(16-7-5-4-6-8-16)20(26)22-11-12-24(3)21(27)17-9-10-19(25)23-14-17/h4-10,14-15,18H,11-13H2,1-3H3,(H,22,26)(H,23,25). The number of amides is 2. The lowest BCUT2D eigenvalue weighted by Gasteiger charge is -2.21. The molecule has 0 saturated heterocycles. The molecule has 27 heavy (non-hydrogen) atoms. The molecule has 2 amide bonds. The van der Waals surface area contributed by atoms with Crippen molar-refractivity contribution in [2.75, 3.05) is 20.1 Å². The van der Waals surface area contributed by atoms with Crippen LogP contribution < -0.4 is 10.9 Å². The Hall–Kier alpha value is -2.89. The van der Waals surface area contributed by atoms with Gasteiger partial charge in [-0.25, -0.2) is 0 Å². The summed E-state index contributed by atoms with van der Waals surface area (Å²) in [6, 6.07) is 12.6. The number of likely N-dealkylation sites (N-methyl/N-ethyl adjacent to an activating group) is 1. The second-order valence-corrected chi connectivity index (χ2v) is 7.05. The van der Waals surface area contributed by atoms with Crippen LogP contribution in [0.2, 0.25) is 0 Å². The van der Waals surface area contributed by atoms with E-state index >= 15 is 0 Å². The second-order valence-electron chi connectivity index (χ2n) is 7.05. The highest BCUT2D eigenvalue weighted by atomic mass is 16.2. The van der Waals surface area contributed by atoms with Gasteiger partial charge in [0.15, 0.2) is 0 Å². The van der Waals surface area contributed by atoms with Crippen LogP contribution in [0.4, 0.5) is 0 Å². The Balaban J connectivity index is 1.91. The molecular formula is C21H27N3O3. The minimum atomic E-state index is -0.251. The first-order valence-electron chi connectivity index (χ1n) is 9.15. The fourth-order valence-corrected chi connectivity index (χ4v) is 2.89. The maximum atomic E-state index is 12.7. The topological polar surface area (TPSA) is 82.3 Å². The molecule has 0 bridgehead atoms. The van der Waals surface area contributed by atoms with Crippen molar-refractivity contribution in [1.82, 2.24) is 15.2 Å². The summed E-state index contributed by atoms with van der Waals surface area (Å²) < 4.78 is 0. The van der Waals surface area contributed by atoms with Gasteiger partial charge in [0, 0.05) is 32.4 Å². The van der Waals surface area contributed by atoms with Gasteiger partial charge in [0.2, 0.25) is 11.5 Å². The number of hydrogen-bond donors (Lipinski definition) is 2. The molecule has 0 aliphatic rings. The van der Waals surface area contributed by atoms with Crippen LogP contribution in [-0.4, -0.2) is 41.8 Å². The van der Waals surface area contributed by atoms with Gasteiger partial charge in [0.1, 0.15) is 0 Å². The molecule has 1 heterocycles. The van der Waals surface area contributed by atoms with Gasteiger partial charge in [-0.2, -0.15) is 0 Å². The summed E-state index contributed by atoms with van der Waals surface area (Å²) in [4.78, 5) is 40.1. The molecular weight excluding hydrogens is 342 g/mol. The number of nitrogens with zero attached hydrogens (tertiary/aromatic N) is 1. The molecule has 0 aliphatic carbocycles. The summed E-state index contributed by atoms with van der Waals surface area (Å²) in [5.41, 5.74) is 1.16. The zero-order valence-corrected chi connectivity index (χ0v) is 16.1. The van der Waals surface area contributed by atoms with Gasteiger partial charge in [-0.1, -0.05) is 44.2 Å². The molecule has 6 heteroatoms. The van der Waals surface area contributed by atoms with E-state index in [0.717, 1.165) is 12.0 Å². The highest BCUT2D eigenvalue weighted by Gasteiger charge is 2.21. The van der Waals surface area contributed by atoms with Crippen LogP contribution >= 0.6 is 0 Å². The van der Waals surface area contributed by atoms with Crippen molar-refractivity contribution in [3.8, 4) is 0 Å². The maximum absolute atomic E-state index is 12.7. The second kappa shape index (κ2) is 9.71. The van der Waals surface area contributed by atoms with Crippen molar-refractivity contribution in [2.45, 2.75) is 26.2 Å². The first-order chi connectivity index (χ1) is 12.9. The van der Waals surface area contributed by atoms with E-state index in [1.807, 2.05) is 30.3 Å². The first kappa shape index (κ1) is 20.4. The van der Waals surface area contributed by atoms with Crippen LogP contribution in [0.25, 0.3) is 0 Å². The molecule has 2 rings (SSSR count).